The summed E-state index contributed by atoms with van der Waals surface area (Å²) in [5.41, 5.74) is 4.08. The molecule has 25 heavy (non-hydrogen) atoms. The van der Waals surface area contributed by atoms with E-state index in [1.165, 1.54) is 0 Å². The van der Waals surface area contributed by atoms with E-state index in [4.69, 9.17) is 0 Å². The third-order valence-electron chi connectivity index (χ3n) is 3.98. The molecule has 3 aromatic heterocycles. The average molecular weight is 330 g/mol. The number of benzene rings is 1. The smallest absolute Gasteiger partial charge is 0.148 e. The third-order valence-corrected chi connectivity index (χ3v) is 3.98. The van der Waals surface area contributed by atoms with Crippen molar-refractivity contribution in [2.75, 3.05) is 0 Å². The van der Waals surface area contributed by atoms with Gasteiger partial charge in [0.1, 0.15) is 11.6 Å². The second-order valence-electron chi connectivity index (χ2n) is 5.96. The van der Waals surface area contributed by atoms with Crippen molar-refractivity contribution in [3.63, 3.8) is 0 Å². The Morgan fingerprint density at radius 3 is 2.36 bits per heavy atom. The Bertz CT molecular complexity index is 963. The van der Waals surface area contributed by atoms with E-state index in [9.17, 15) is 0 Å². The van der Waals surface area contributed by atoms with Gasteiger partial charge in [0, 0.05) is 47.4 Å². The molecule has 0 radical (unpaired) electrons. The third kappa shape index (κ3) is 3.19. The Morgan fingerprint density at radius 2 is 1.68 bits per heavy atom. The zero-order valence-corrected chi connectivity index (χ0v) is 14.2. The van der Waals surface area contributed by atoms with Crippen LogP contribution in [0.4, 0.5) is 0 Å². The molecule has 0 N–H and O–H groups in total. The number of hydrogen-bond acceptors (Lipinski definition) is 4. The largest absolute Gasteiger partial charge is 0.323 e. The summed E-state index contributed by atoms with van der Waals surface area (Å²) in [6.45, 7) is 4.57. The molecule has 0 aliphatic heterocycles. The summed E-state index contributed by atoms with van der Waals surface area (Å²) in [4.78, 5) is 17.6. The minimum Gasteiger partial charge on any atom is -0.323 e. The second-order valence-corrected chi connectivity index (χ2v) is 5.96. The van der Waals surface area contributed by atoms with Gasteiger partial charge in [0.2, 0.25) is 0 Å². The Balaban J connectivity index is 1.63. The Morgan fingerprint density at radius 1 is 0.920 bits per heavy atom. The number of imidazole rings is 2. The fraction of sp³-hybridized carbons (Fsp3) is 0.158. The Labute approximate surface area is 145 Å². The van der Waals surface area contributed by atoms with Gasteiger partial charge in [-0.1, -0.05) is 0 Å². The lowest BCUT2D eigenvalue weighted by Gasteiger charge is -2.09. The van der Waals surface area contributed by atoms with Crippen molar-refractivity contribution in [2.24, 2.45) is 0 Å². The maximum atomic E-state index is 4.52. The van der Waals surface area contributed by atoms with Gasteiger partial charge < -0.3 is 9.13 Å². The predicted molar refractivity (Wildman–Crippen MR) is 95.4 cm³/mol. The molecular weight excluding hydrogens is 312 g/mol. The highest BCUT2D eigenvalue weighted by Gasteiger charge is 2.09. The molecular formula is C19H18N6. The molecule has 0 saturated heterocycles. The second kappa shape index (κ2) is 6.32. The van der Waals surface area contributed by atoms with Gasteiger partial charge in [0.25, 0.3) is 0 Å². The van der Waals surface area contributed by atoms with E-state index in [2.05, 4.69) is 48.8 Å². The quantitative estimate of drug-likeness (QED) is 0.576. The maximum Gasteiger partial charge on any atom is 0.148 e. The first-order chi connectivity index (χ1) is 12.2. The number of aryl methyl sites for hydroxylation is 2. The van der Waals surface area contributed by atoms with Crippen molar-refractivity contribution in [1.29, 1.82) is 0 Å². The van der Waals surface area contributed by atoms with E-state index in [0.717, 1.165) is 34.3 Å². The van der Waals surface area contributed by atoms with Gasteiger partial charge in [-0.25, -0.2) is 19.9 Å². The summed E-state index contributed by atoms with van der Waals surface area (Å²) >= 11 is 0. The topological polar surface area (TPSA) is 61.4 Å². The first-order valence-corrected chi connectivity index (χ1v) is 8.10. The summed E-state index contributed by atoms with van der Waals surface area (Å²) < 4.78 is 4.04. The van der Waals surface area contributed by atoms with Gasteiger partial charge in [-0.3, -0.25) is 0 Å². The van der Waals surface area contributed by atoms with Gasteiger partial charge in [0.05, 0.1) is 12.9 Å². The highest BCUT2D eigenvalue weighted by Crippen LogP contribution is 2.20. The summed E-state index contributed by atoms with van der Waals surface area (Å²) in [5.74, 6) is 1.70. The van der Waals surface area contributed by atoms with Crippen molar-refractivity contribution in [3.8, 4) is 17.1 Å². The van der Waals surface area contributed by atoms with Crippen LogP contribution in [0.2, 0.25) is 0 Å². The van der Waals surface area contributed by atoms with Gasteiger partial charge >= 0.3 is 0 Å². The first-order valence-electron chi connectivity index (χ1n) is 8.10. The minimum absolute atomic E-state index is 0.598. The molecule has 6 heteroatoms. The molecule has 6 nitrogen and oxygen atoms in total. The van der Waals surface area contributed by atoms with Crippen LogP contribution in [0.5, 0.6) is 0 Å². The molecule has 0 atom stereocenters. The summed E-state index contributed by atoms with van der Waals surface area (Å²) in [5, 5.41) is 0. The molecule has 0 aliphatic carbocycles. The van der Waals surface area contributed by atoms with Crippen molar-refractivity contribution in [2.45, 2.75) is 20.4 Å². The van der Waals surface area contributed by atoms with Crippen LogP contribution < -0.4 is 0 Å². The number of rotatable bonds is 4. The lowest BCUT2D eigenvalue weighted by molar-refractivity contribution is 0.740. The van der Waals surface area contributed by atoms with Crippen molar-refractivity contribution in [3.05, 3.63) is 78.7 Å². The van der Waals surface area contributed by atoms with Crippen LogP contribution in [-0.4, -0.2) is 29.1 Å². The molecule has 4 rings (SSSR count). The lowest BCUT2D eigenvalue weighted by atomic mass is 10.2. The van der Waals surface area contributed by atoms with Crippen LogP contribution in [0.1, 0.15) is 17.2 Å². The zero-order valence-electron chi connectivity index (χ0n) is 14.2. The maximum absolute atomic E-state index is 4.52. The van der Waals surface area contributed by atoms with E-state index in [0.29, 0.717) is 6.54 Å². The van der Waals surface area contributed by atoms with E-state index < -0.39 is 0 Å². The number of aromatic nitrogens is 6. The van der Waals surface area contributed by atoms with Crippen molar-refractivity contribution >= 4 is 0 Å². The van der Waals surface area contributed by atoms with Gasteiger partial charge in [-0.05, 0) is 44.2 Å². The van der Waals surface area contributed by atoms with Gasteiger partial charge in [-0.2, -0.15) is 0 Å². The molecule has 124 valence electrons. The van der Waals surface area contributed by atoms with Crippen molar-refractivity contribution in [1.82, 2.24) is 29.1 Å². The standard InChI is InChI=1S/C19H18N6/c1-14-11-15(2)23-18(22-14)12-24-10-8-21-19(24)16-3-5-17(6-4-16)25-9-7-20-13-25/h3-11,13H,12H2,1-2H3. The molecule has 3 heterocycles. The van der Waals surface area contributed by atoms with Crippen LogP contribution in [0, 0.1) is 13.8 Å². The van der Waals surface area contributed by atoms with Crippen molar-refractivity contribution < 1.29 is 0 Å². The fourth-order valence-corrected chi connectivity index (χ4v) is 2.91. The SMILES string of the molecule is Cc1cc(C)nc(Cn2ccnc2-c2ccc(-n3ccnc3)cc2)n1. The van der Waals surface area contributed by atoms with E-state index >= 15 is 0 Å². The van der Waals surface area contributed by atoms with Gasteiger partial charge in [-0.15, -0.1) is 0 Å². The van der Waals surface area contributed by atoms with Crippen LogP contribution in [0.25, 0.3) is 17.1 Å². The minimum atomic E-state index is 0.598. The number of nitrogens with zero attached hydrogens (tertiary/aromatic N) is 6. The highest BCUT2D eigenvalue weighted by atomic mass is 15.1. The molecule has 0 saturated carbocycles. The van der Waals surface area contributed by atoms with E-state index in [1.54, 1.807) is 12.5 Å². The monoisotopic (exact) mass is 330 g/mol. The summed E-state index contributed by atoms with van der Waals surface area (Å²) in [6, 6.07) is 10.2. The lowest BCUT2D eigenvalue weighted by Crippen LogP contribution is -2.07. The fourth-order valence-electron chi connectivity index (χ4n) is 2.91. The van der Waals surface area contributed by atoms with Gasteiger partial charge in [0.15, 0.2) is 0 Å². The molecule has 4 aromatic rings. The average Bonchev–Trinajstić information content (AvgIpc) is 3.25. The highest BCUT2D eigenvalue weighted by molar-refractivity contribution is 5.58. The molecule has 0 amide bonds. The van der Waals surface area contributed by atoms with Crippen LogP contribution in [0.15, 0.2) is 61.4 Å². The molecule has 0 bridgehead atoms. The van der Waals surface area contributed by atoms with Crippen LogP contribution in [-0.2, 0) is 6.54 Å². The normalized spacial score (nSPS) is 11.0. The van der Waals surface area contributed by atoms with Crippen LogP contribution in [0.3, 0.4) is 0 Å². The Hall–Kier alpha value is -3.28. The molecule has 0 unspecified atom stereocenters. The molecule has 0 spiro atoms. The summed E-state index contributed by atoms with van der Waals surface area (Å²) in [7, 11) is 0. The van der Waals surface area contributed by atoms with E-state index in [-0.39, 0.29) is 0 Å². The Kier molecular flexibility index (Phi) is 3.85. The molecule has 0 fully saturated rings. The first kappa shape index (κ1) is 15.3. The summed E-state index contributed by atoms with van der Waals surface area (Å²) in [6.07, 6.45) is 9.24. The number of hydrogen-bond donors (Lipinski definition) is 0. The predicted octanol–water partition coefficient (Wildman–Crippen LogP) is 3.19. The van der Waals surface area contributed by atoms with E-state index in [1.807, 2.05) is 43.1 Å². The molecule has 0 aliphatic rings. The molecule has 1 aromatic carbocycles. The van der Waals surface area contributed by atoms with Crippen LogP contribution >= 0.6 is 0 Å². The zero-order chi connectivity index (χ0) is 17.2.